The number of nitrogens with zero attached hydrogens (tertiary/aromatic N) is 1. The van der Waals surface area contributed by atoms with Crippen molar-refractivity contribution >= 4 is 5.96 Å². The van der Waals surface area contributed by atoms with Gasteiger partial charge < -0.3 is 20.2 Å². The van der Waals surface area contributed by atoms with Gasteiger partial charge in [-0.1, -0.05) is 13.8 Å². The van der Waals surface area contributed by atoms with Crippen molar-refractivity contribution in [3.05, 3.63) is 24.2 Å². The zero-order chi connectivity index (χ0) is 13.9. The van der Waals surface area contributed by atoms with Gasteiger partial charge in [-0.25, -0.2) is 0 Å². The standard InChI is InChI=1S/C14H25N3O2/c1-3-8-15-14(17-12(4-2)11-18)16-9-7-13-6-5-10-19-13/h5-6,10,12,18H,3-4,7-9,11H2,1-2H3,(H2,15,16,17)/t12-/m1/s1. The summed E-state index contributed by atoms with van der Waals surface area (Å²) < 4.78 is 5.28. The van der Waals surface area contributed by atoms with Crippen molar-refractivity contribution in [2.24, 2.45) is 4.99 Å². The van der Waals surface area contributed by atoms with E-state index < -0.39 is 0 Å². The molecule has 19 heavy (non-hydrogen) atoms. The zero-order valence-electron chi connectivity index (χ0n) is 11.9. The lowest BCUT2D eigenvalue weighted by molar-refractivity contribution is 0.251. The van der Waals surface area contributed by atoms with Gasteiger partial charge in [0.05, 0.1) is 18.9 Å². The third-order valence-electron chi connectivity index (χ3n) is 2.79. The number of aliphatic hydroxyl groups is 1. The van der Waals surface area contributed by atoms with Crippen LogP contribution in [0, 0.1) is 0 Å². The van der Waals surface area contributed by atoms with Crippen LogP contribution in [-0.4, -0.2) is 36.8 Å². The van der Waals surface area contributed by atoms with Gasteiger partial charge in [0.25, 0.3) is 0 Å². The van der Waals surface area contributed by atoms with Crippen molar-refractivity contribution in [2.45, 2.75) is 39.2 Å². The van der Waals surface area contributed by atoms with Gasteiger partial charge in [0.2, 0.25) is 0 Å². The first kappa shape index (κ1) is 15.6. The van der Waals surface area contributed by atoms with Gasteiger partial charge in [0, 0.05) is 19.5 Å². The minimum absolute atomic E-state index is 0.0479. The minimum atomic E-state index is 0.0479. The van der Waals surface area contributed by atoms with E-state index in [2.05, 4.69) is 22.5 Å². The maximum atomic E-state index is 9.22. The Bertz CT molecular complexity index is 346. The van der Waals surface area contributed by atoms with Crippen molar-refractivity contribution in [3.8, 4) is 0 Å². The average molecular weight is 267 g/mol. The molecule has 1 aromatic heterocycles. The monoisotopic (exact) mass is 267 g/mol. The fraction of sp³-hybridized carbons (Fsp3) is 0.643. The molecule has 0 spiro atoms. The zero-order valence-corrected chi connectivity index (χ0v) is 11.9. The Balaban J connectivity index is 2.40. The molecule has 0 aromatic carbocycles. The van der Waals surface area contributed by atoms with Crippen LogP contribution in [-0.2, 0) is 6.42 Å². The molecule has 0 saturated heterocycles. The molecule has 0 saturated carbocycles. The molecule has 108 valence electrons. The third-order valence-corrected chi connectivity index (χ3v) is 2.79. The van der Waals surface area contributed by atoms with Crippen molar-refractivity contribution in [3.63, 3.8) is 0 Å². The summed E-state index contributed by atoms with van der Waals surface area (Å²) >= 11 is 0. The van der Waals surface area contributed by atoms with Crippen molar-refractivity contribution < 1.29 is 9.52 Å². The Labute approximate surface area is 115 Å². The number of hydrogen-bond acceptors (Lipinski definition) is 3. The Morgan fingerprint density at radius 2 is 2.32 bits per heavy atom. The van der Waals surface area contributed by atoms with E-state index in [1.165, 1.54) is 0 Å². The Kier molecular flexibility index (Phi) is 7.74. The van der Waals surface area contributed by atoms with Gasteiger partial charge in [0.15, 0.2) is 5.96 Å². The predicted octanol–water partition coefficient (Wildman–Crippen LogP) is 1.54. The number of nitrogens with one attached hydrogen (secondary N) is 2. The van der Waals surface area contributed by atoms with Gasteiger partial charge in [0.1, 0.15) is 5.76 Å². The van der Waals surface area contributed by atoms with E-state index in [-0.39, 0.29) is 12.6 Å². The second kappa shape index (κ2) is 9.44. The average Bonchev–Trinajstić information content (AvgIpc) is 2.94. The molecule has 0 bridgehead atoms. The van der Waals surface area contributed by atoms with Crippen LogP contribution in [0.4, 0.5) is 0 Å². The number of rotatable bonds is 8. The number of furan rings is 1. The summed E-state index contributed by atoms with van der Waals surface area (Å²) in [7, 11) is 0. The Morgan fingerprint density at radius 3 is 2.89 bits per heavy atom. The molecule has 5 nitrogen and oxygen atoms in total. The molecular weight excluding hydrogens is 242 g/mol. The van der Waals surface area contributed by atoms with Crippen LogP contribution >= 0.6 is 0 Å². The van der Waals surface area contributed by atoms with Crippen LogP contribution in [0.15, 0.2) is 27.8 Å². The van der Waals surface area contributed by atoms with E-state index in [4.69, 9.17) is 4.42 Å². The molecule has 1 heterocycles. The molecule has 0 aliphatic heterocycles. The first-order chi connectivity index (χ1) is 9.30. The summed E-state index contributed by atoms with van der Waals surface area (Å²) in [6.45, 7) is 5.77. The maximum Gasteiger partial charge on any atom is 0.191 e. The highest BCUT2D eigenvalue weighted by Gasteiger charge is 2.07. The summed E-state index contributed by atoms with van der Waals surface area (Å²) in [5.74, 6) is 1.71. The number of guanidine groups is 1. The molecule has 3 N–H and O–H groups in total. The van der Waals surface area contributed by atoms with E-state index in [1.807, 2.05) is 19.1 Å². The van der Waals surface area contributed by atoms with Crippen LogP contribution in [0.3, 0.4) is 0 Å². The molecule has 0 aliphatic rings. The fourth-order valence-corrected chi connectivity index (χ4v) is 1.61. The highest BCUT2D eigenvalue weighted by molar-refractivity contribution is 5.80. The summed E-state index contributed by atoms with van der Waals surface area (Å²) in [6.07, 6.45) is 4.36. The Hall–Kier alpha value is -1.49. The minimum Gasteiger partial charge on any atom is -0.469 e. The molecule has 0 aliphatic carbocycles. The van der Waals surface area contributed by atoms with E-state index in [9.17, 15) is 5.11 Å². The lowest BCUT2D eigenvalue weighted by atomic mass is 10.2. The first-order valence-corrected chi connectivity index (χ1v) is 6.98. The first-order valence-electron chi connectivity index (χ1n) is 6.98. The van der Waals surface area contributed by atoms with Gasteiger partial charge in [-0.15, -0.1) is 0 Å². The largest absolute Gasteiger partial charge is 0.469 e. The summed E-state index contributed by atoms with van der Waals surface area (Å²) in [4.78, 5) is 4.45. The maximum absolute atomic E-state index is 9.22. The quantitative estimate of drug-likeness (QED) is 0.493. The Morgan fingerprint density at radius 1 is 1.47 bits per heavy atom. The second-order valence-corrected chi connectivity index (χ2v) is 4.42. The predicted molar refractivity (Wildman–Crippen MR) is 77.3 cm³/mol. The summed E-state index contributed by atoms with van der Waals surface area (Å²) in [5.41, 5.74) is 0. The SMILES string of the molecule is CCCN=C(NCCc1ccco1)N[C@H](CC)CO. The van der Waals surface area contributed by atoms with Gasteiger partial charge in [-0.05, 0) is 25.0 Å². The molecule has 5 heteroatoms. The molecular formula is C14H25N3O2. The smallest absolute Gasteiger partial charge is 0.191 e. The third kappa shape index (κ3) is 6.29. The van der Waals surface area contributed by atoms with Crippen molar-refractivity contribution in [1.29, 1.82) is 0 Å². The van der Waals surface area contributed by atoms with Crippen LogP contribution in [0.2, 0.25) is 0 Å². The molecule has 0 amide bonds. The van der Waals surface area contributed by atoms with E-state index in [0.717, 1.165) is 44.1 Å². The normalized spacial score (nSPS) is 13.3. The number of hydrogen-bond donors (Lipinski definition) is 3. The fourth-order valence-electron chi connectivity index (χ4n) is 1.61. The van der Waals surface area contributed by atoms with Crippen LogP contribution in [0.5, 0.6) is 0 Å². The molecule has 0 radical (unpaired) electrons. The van der Waals surface area contributed by atoms with Crippen molar-refractivity contribution in [2.75, 3.05) is 19.7 Å². The highest BCUT2D eigenvalue weighted by atomic mass is 16.3. The van der Waals surface area contributed by atoms with E-state index in [0.29, 0.717) is 0 Å². The van der Waals surface area contributed by atoms with Gasteiger partial charge >= 0.3 is 0 Å². The molecule has 0 unspecified atom stereocenters. The van der Waals surface area contributed by atoms with Crippen LogP contribution in [0.1, 0.15) is 32.4 Å². The highest BCUT2D eigenvalue weighted by Crippen LogP contribution is 1.99. The number of aliphatic hydroxyl groups excluding tert-OH is 1. The lowest BCUT2D eigenvalue weighted by Gasteiger charge is -2.18. The molecule has 1 aromatic rings. The second-order valence-electron chi connectivity index (χ2n) is 4.42. The topological polar surface area (TPSA) is 69.8 Å². The molecule has 0 fully saturated rings. The van der Waals surface area contributed by atoms with E-state index >= 15 is 0 Å². The van der Waals surface area contributed by atoms with Gasteiger partial charge in [-0.3, -0.25) is 4.99 Å². The summed E-state index contributed by atoms with van der Waals surface area (Å²) in [6, 6.07) is 3.89. The van der Waals surface area contributed by atoms with E-state index in [1.54, 1.807) is 6.26 Å². The lowest BCUT2D eigenvalue weighted by Crippen LogP contribution is -2.45. The van der Waals surface area contributed by atoms with Crippen LogP contribution < -0.4 is 10.6 Å². The van der Waals surface area contributed by atoms with Gasteiger partial charge in [-0.2, -0.15) is 0 Å². The van der Waals surface area contributed by atoms with Crippen molar-refractivity contribution in [1.82, 2.24) is 10.6 Å². The molecule has 1 atom stereocenters. The molecule has 1 rings (SSSR count). The number of aliphatic imine (C=N–C) groups is 1. The summed E-state index contributed by atoms with van der Waals surface area (Å²) in [5, 5.41) is 15.7. The van der Waals surface area contributed by atoms with Crippen LogP contribution in [0.25, 0.3) is 0 Å².